The Balaban J connectivity index is 0.00000264. The molecule has 0 spiro atoms. The van der Waals surface area contributed by atoms with Crippen molar-refractivity contribution >= 4 is 52.6 Å². The van der Waals surface area contributed by atoms with E-state index in [1.807, 2.05) is 18.4 Å². The molecule has 0 radical (unpaired) electrons. The Morgan fingerprint density at radius 1 is 1.17 bits per heavy atom. The number of aliphatic imine (C=N–C) groups is 1. The number of hydrogen-bond acceptors (Lipinski definition) is 4. The molecule has 0 unspecified atom stereocenters. The average molecular weight is 464 g/mol. The van der Waals surface area contributed by atoms with Gasteiger partial charge in [-0.25, -0.2) is 4.98 Å². The Labute approximate surface area is 163 Å². The molecular weight excluding hydrogens is 439 g/mol. The zero-order chi connectivity index (χ0) is 15.9. The van der Waals surface area contributed by atoms with Gasteiger partial charge < -0.3 is 10.6 Å². The van der Waals surface area contributed by atoms with Crippen LogP contribution in [0.2, 0.25) is 0 Å². The first-order valence-electron chi connectivity index (χ1n) is 7.57. The SMILES string of the molecule is CCc1ccc(CNC(=NC)NCCc2sc(C)nc2C)s1.I. The highest BCUT2D eigenvalue weighted by atomic mass is 127. The maximum absolute atomic E-state index is 4.46. The Kier molecular flexibility index (Phi) is 9.08. The molecule has 0 aliphatic heterocycles. The van der Waals surface area contributed by atoms with Crippen LogP contribution in [0, 0.1) is 13.8 Å². The zero-order valence-corrected chi connectivity index (χ0v) is 18.1. The highest BCUT2D eigenvalue weighted by molar-refractivity contribution is 14.0. The van der Waals surface area contributed by atoms with E-state index < -0.39 is 0 Å². The molecule has 0 aliphatic rings. The first kappa shape index (κ1) is 20.4. The van der Waals surface area contributed by atoms with Gasteiger partial charge in [-0.3, -0.25) is 4.99 Å². The van der Waals surface area contributed by atoms with Gasteiger partial charge in [0.25, 0.3) is 0 Å². The first-order chi connectivity index (χ1) is 10.6. The van der Waals surface area contributed by atoms with Crippen LogP contribution in [0.15, 0.2) is 17.1 Å². The predicted molar refractivity (Wildman–Crippen MR) is 113 cm³/mol. The van der Waals surface area contributed by atoms with E-state index in [0.717, 1.165) is 42.6 Å². The minimum atomic E-state index is 0. The lowest BCUT2D eigenvalue weighted by atomic mass is 10.3. The number of rotatable bonds is 6. The lowest BCUT2D eigenvalue weighted by molar-refractivity contribution is 0.801. The Morgan fingerprint density at radius 2 is 1.91 bits per heavy atom. The molecule has 0 bridgehead atoms. The van der Waals surface area contributed by atoms with Gasteiger partial charge in [0.15, 0.2) is 5.96 Å². The maximum Gasteiger partial charge on any atom is 0.191 e. The van der Waals surface area contributed by atoms with Crippen LogP contribution in [0.1, 0.15) is 32.3 Å². The predicted octanol–water partition coefficient (Wildman–Crippen LogP) is 3.91. The van der Waals surface area contributed by atoms with Gasteiger partial charge >= 0.3 is 0 Å². The van der Waals surface area contributed by atoms with Crippen molar-refractivity contribution in [1.29, 1.82) is 0 Å². The molecule has 4 nitrogen and oxygen atoms in total. The molecular formula is C16H25IN4S2. The summed E-state index contributed by atoms with van der Waals surface area (Å²) in [5.74, 6) is 0.852. The van der Waals surface area contributed by atoms with Crippen molar-refractivity contribution in [2.75, 3.05) is 13.6 Å². The van der Waals surface area contributed by atoms with Crippen molar-refractivity contribution in [1.82, 2.24) is 15.6 Å². The van der Waals surface area contributed by atoms with Gasteiger partial charge in [0, 0.05) is 34.6 Å². The summed E-state index contributed by atoms with van der Waals surface area (Å²) in [6, 6.07) is 4.39. The highest BCUT2D eigenvalue weighted by Crippen LogP contribution is 2.17. The number of nitrogens with zero attached hydrogens (tertiary/aromatic N) is 2. The zero-order valence-electron chi connectivity index (χ0n) is 14.1. The molecule has 0 saturated carbocycles. The van der Waals surface area contributed by atoms with Crippen LogP contribution in [0.3, 0.4) is 0 Å². The molecule has 0 amide bonds. The third kappa shape index (κ3) is 6.39. The van der Waals surface area contributed by atoms with E-state index in [1.165, 1.54) is 14.6 Å². The normalized spacial score (nSPS) is 11.2. The number of thiophene rings is 1. The van der Waals surface area contributed by atoms with E-state index in [9.17, 15) is 0 Å². The molecule has 128 valence electrons. The summed E-state index contributed by atoms with van der Waals surface area (Å²) < 4.78 is 0. The van der Waals surface area contributed by atoms with E-state index >= 15 is 0 Å². The lowest BCUT2D eigenvalue weighted by Gasteiger charge is -2.10. The van der Waals surface area contributed by atoms with Crippen LogP contribution < -0.4 is 10.6 Å². The smallest absolute Gasteiger partial charge is 0.191 e. The highest BCUT2D eigenvalue weighted by Gasteiger charge is 2.05. The molecule has 23 heavy (non-hydrogen) atoms. The minimum absolute atomic E-state index is 0. The molecule has 0 atom stereocenters. The molecule has 2 rings (SSSR count). The second-order valence-electron chi connectivity index (χ2n) is 5.07. The molecule has 2 aromatic rings. The molecule has 2 heterocycles. The van der Waals surface area contributed by atoms with Gasteiger partial charge in [-0.05, 0) is 32.4 Å². The van der Waals surface area contributed by atoms with Crippen LogP contribution >= 0.6 is 46.7 Å². The molecule has 0 fully saturated rings. The van der Waals surface area contributed by atoms with Crippen LogP contribution in [0.25, 0.3) is 0 Å². The van der Waals surface area contributed by atoms with Crippen molar-refractivity contribution in [2.45, 2.75) is 40.2 Å². The molecule has 0 aromatic carbocycles. The second-order valence-corrected chi connectivity index (χ2v) is 7.61. The van der Waals surface area contributed by atoms with Crippen molar-refractivity contribution in [3.8, 4) is 0 Å². The summed E-state index contributed by atoms with van der Waals surface area (Å²) in [7, 11) is 1.81. The Bertz CT molecular complexity index is 634. The van der Waals surface area contributed by atoms with E-state index in [1.54, 1.807) is 11.3 Å². The average Bonchev–Trinajstić information content (AvgIpc) is 3.09. The summed E-state index contributed by atoms with van der Waals surface area (Å²) in [6.45, 7) is 8.01. The van der Waals surface area contributed by atoms with Gasteiger partial charge in [0.1, 0.15) is 0 Å². The van der Waals surface area contributed by atoms with Gasteiger partial charge in [0.2, 0.25) is 0 Å². The molecule has 7 heteroatoms. The number of guanidine groups is 1. The van der Waals surface area contributed by atoms with Crippen molar-refractivity contribution < 1.29 is 0 Å². The lowest BCUT2D eigenvalue weighted by Crippen LogP contribution is -2.37. The first-order valence-corrected chi connectivity index (χ1v) is 9.20. The van der Waals surface area contributed by atoms with Crippen LogP contribution in [0.5, 0.6) is 0 Å². The third-order valence-corrected chi connectivity index (χ3v) is 5.73. The quantitative estimate of drug-likeness (QED) is 0.387. The van der Waals surface area contributed by atoms with E-state index in [0.29, 0.717) is 0 Å². The van der Waals surface area contributed by atoms with Crippen molar-refractivity contribution in [3.05, 3.63) is 37.5 Å². The third-order valence-electron chi connectivity index (χ3n) is 3.36. The van der Waals surface area contributed by atoms with Gasteiger partial charge in [0.05, 0.1) is 17.2 Å². The van der Waals surface area contributed by atoms with E-state index in [2.05, 4.69) is 53.5 Å². The molecule has 0 saturated heterocycles. The number of halogens is 1. The fraction of sp³-hybridized carbons (Fsp3) is 0.500. The maximum atomic E-state index is 4.46. The fourth-order valence-corrected chi connectivity index (χ4v) is 4.03. The van der Waals surface area contributed by atoms with Gasteiger partial charge in [-0.2, -0.15) is 0 Å². The molecule has 0 aliphatic carbocycles. The number of thiazole rings is 1. The van der Waals surface area contributed by atoms with Gasteiger partial charge in [-0.1, -0.05) is 6.92 Å². The van der Waals surface area contributed by atoms with Crippen LogP contribution in [-0.2, 0) is 19.4 Å². The number of hydrogen-bond donors (Lipinski definition) is 2. The van der Waals surface area contributed by atoms with E-state index in [4.69, 9.17) is 0 Å². The fourth-order valence-electron chi connectivity index (χ4n) is 2.20. The summed E-state index contributed by atoms with van der Waals surface area (Å²) in [5.41, 5.74) is 1.15. The van der Waals surface area contributed by atoms with Crippen LogP contribution in [0.4, 0.5) is 0 Å². The summed E-state index contributed by atoms with van der Waals surface area (Å²) in [4.78, 5) is 12.9. The van der Waals surface area contributed by atoms with E-state index in [-0.39, 0.29) is 24.0 Å². The van der Waals surface area contributed by atoms with Crippen LogP contribution in [-0.4, -0.2) is 24.5 Å². The summed E-state index contributed by atoms with van der Waals surface area (Å²) in [6.07, 6.45) is 2.09. The largest absolute Gasteiger partial charge is 0.356 e. The number of aromatic nitrogens is 1. The second kappa shape index (κ2) is 10.2. The summed E-state index contributed by atoms with van der Waals surface area (Å²) in [5, 5.41) is 7.87. The topological polar surface area (TPSA) is 49.3 Å². The number of nitrogens with one attached hydrogen (secondary N) is 2. The molecule has 2 aromatic heterocycles. The van der Waals surface area contributed by atoms with Crippen molar-refractivity contribution in [2.24, 2.45) is 4.99 Å². The monoisotopic (exact) mass is 464 g/mol. The van der Waals surface area contributed by atoms with Gasteiger partial charge in [-0.15, -0.1) is 46.7 Å². The standard InChI is InChI=1S/C16H24N4S2.HI/c1-5-13-6-7-14(22-13)10-19-16(17-4)18-9-8-15-11(2)20-12(3)21-15;/h6-7H,5,8-10H2,1-4H3,(H2,17,18,19);1H. The minimum Gasteiger partial charge on any atom is -0.356 e. The van der Waals surface area contributed by atoms with Crippen molar-refractivity contribution in [3.63, 3.8) is 0 Å². The summed E-state index contributed by atoms with van der Waals surface area (Å²) >= 11 is 3.64. The Morgan fingerprint density at radius 3 is 2.48 bits per heavy atom. The Hall–Kier alpha value is -0.670. The number of aryl methyl sites for hydroxylation is 3. The molecule has 2 N–H and O–H groups in total.